The van der Waals surface area contributed by atoms with Crippen LogP contribution >= 0.6 is 0 Å². The summed E-state index contributed by atoms with van der Waals surface area (Å²) in [4.78, 5) is 60.6. The number of unbranched alkanes of at least 4 members (excludes halogenated alkanes) is 1. The summed E-state index contributed by atoms with van der Waals surface area (Å²) in [7, 11) is 0. The van der Waals surface area contributed by atoms with Crippen molar-refractivity contribution in [3.63, 3.8) is 0 Å². The molecule has 0 spiro atoms. The van der Waals surface area contributed by atoms with Crippen molar-refractivity contribution in [2.45, 2.75) is 59.8 Å². The molecule has 10 heteroatoms. The van der Waals surface area contributed by atoms with Crippen LogP contribution in [0.1, 0.15) is 75.7 Å². The summed E-state index contributed by atoms with van der Waals surface area (Å²) in [6.07, 6.45) is 5.00. The molecule has 244 valence electrons. The van der Waals surface area contributed by atoms with E-state index in [1.165, 1.54) is 6.08 Å². The molecule has 0 aromatic heterocycles. The van der Waals surface area contributed by atoms with Gasteiger partial charge in [0.1, 0.15) is 24.7 Å². The van der Waals surface area contributed by atoms with E-state index in [9.17, 15) is 24.0 Å². The fraction of sp³-hybridized carbons (Fsp3) is 0.361. The Balaban J connectivity index is 1.45. The van der Waals surface area contributed by atoms with E-state index in [1.54, 1.807) is 80.6 Å². The molecule has 0 atom stereocenters. The normalized spacial score (nSPS) is 11.2. The SMILES string of the molecule is CCCCOC(=O)/C=C/c1ccc(OC(=O)c2ccc3cc(OC(=O)CCC(=O)OCCOC(=O)C(C)(C)CC)ccc3c2)cc1. The Morgan fingerprint density at radius 3 is 2.07 bits per heavy atom. The van der Waals surface area contributed by atoms with Crippen LogP contribution in [0.5, 0.6) is 11.5 Å². The summed E-state index contributed by atoms with van der Waals surface area (Å²) >= 11 is 0. The van der Waals surface area contributed by atoms with Crippen LogP contribution in [0, 0.1) is 5.41 Å². The molecule has 0 bridgehead atoms. The van der Waals surface area contributed by atoms with Crippen LogP contribution in [0.15, 0.2) is 66.7 Å². The summed E-state index contributed by atoms with van der Waals surface area (Å²) in [5.41, 5.74) is 0.477. The lowest BCUT2D eigenvalue weighted by atomic mass is 9.91. The van der Waals surface area contributed by atoms with E-state index in [4.69, 9.17) is 23.7 Å². The third-order valence-electron chi connectivity index (χ3n) is 7.07. The lowest BCUT2D eigenvalue weighted by molar-refractivity contribution is -0.159. The zero-order valence-corrected chi connectivity index (χ0v) is 26.7. The topological polar surface area (TPSA) is 132 Å². The van der Waals surface area contributed by atoms with Gasteiger partial charge in [0.15, 0.2) is 0 Å². The highest BCUT2D eigenvalue weighted by molar-refractivity contribution is 5.97. The number of hydrogen-bond donors (Lipinski definition) is 0. The highest BCUT2D eigenvalue weighted by Crippen LogP contribution is 2.24. The van der Waals surface area contributed by atoms with Crippen LogP contribution in [0.25, 0.3) is 16.8 Å². The number of rotatable bonds is 16. The predicted molar refractivity (Wildman–Crippen MR) is 171 cm³/mol. The average molecular weight is 633 g/mol. The molecule has 10 nitrogen and oxygen atoms in total. The number of ether oxygens (including phenoxy) is 5. The Morgan fingerprint density at radius 2 is 1.35 bits per heavy atom. The van der Waals surface area contributed by atoms with E-state index in [0.717, 1.165) is 29.2 Å². The second kappa shape index (κ2) is 17.5. The van der Waals surface area contributed by atoms with Gasteiger partial charge in [-0.1, -0.05) is 44.5 Å². The Hall–Kier alpha value is -4.99. The molecule has 3 rings (SSSR count). The van der Waals surface area contributed by atoms with Gasteiger partial charge in [0.2, 0.25) is 0 Å². The molecule has 0 fully saturated rings. The van der Waals surface area contributed by atoms with Crippen LogP contribution in [0.4, 0.5) is 0 Å². The van der Waals surface area contributed by atoms with Crippen LogP contribution in [-0.2, 0) is 33.4 Å². The fourth-order valence-corrected chi connectivity index (χ4v) is 3.85. The number of carbonyl (C=O) groups is 5. The summed E-state index contributed by atoms with van der Waals surface area (Å²) in [5, 5.41) is 1.46. The van der Waals surface area contributed by atoms with Gasteiger partial charge < -0.3 is 23.7 Å². The van der Waals surface area contributed by atoms with E-state index in [2.05, 4.69) is 0 Å². The molecule has 0 amide bonds. The molecule has 0 saturated heterocycles. The molecule has 46 heavy (non-hydrogen) atoms. The van der Waals surface area contributed by atoms with Crippen LogP contribution in [0.3, 0.4) is 0 Å². The van der Waals surface area contributed by atoms with Crippen molar-refractivity contribution in [1.29, 1.82) is 0 Å². The maximum absolute atomic E-state index is 12.8. The Kier molecular flexibility index (Phi) is 13.5. The molecule has 0 unspecified atom stereocenters. The fourth-order valence-electron chi connectivity index (χ4n) is 3.85. The van der Waals surface area contributed by atoms with Gasteiger partial charge in [-0.05, 0) is 85.5 Å². The molecule has 0 saturated carbocycles. The second-order valence-corrected chi connectivity index (χ2v) is 11.1. The predicted octanol–water partition coefficient (Wildman–Crippen LogP) is 6.62. The quantitative estimate of drug-likeness (QED) is 0.0558. The first kappa shape index (κ1) is 35.5. The molecule has 0 aliphatic heterocycles. The first-order valence-corrected chi connectivity index (χ1v) is 15.2. The highest BCUT2D eigenvalue weighted by atomic mass is 16.6. The van der Waals surface area contributed by atoms with Crippen LogP contribution in [-0.4, -0.2) is 49.7 Å². The Bertz CT molecular complexity index is 1550. The van der Waals surface area contributed by atoms with Crippen molar-refractivity contribution >= 4 is 46.7 Å². The molecular formula is C36H40O10. The molecule has 3 aromatic carbocycles. The molecule has 3 aromatic rings. The first-order chi connectivity index (χ1) is 22.0. The van der Waals surface area contributed by atoms with E-state index in [1.807, 2.05) is 13.8 Å². The average Bonchev–Trinajstić information content (AvgIpc) is 3.05. The summed E-state index contributed by atoms with van der Waals surface area (Å²) < 4.78 is 26.1. The molecule has 0 N–H and O–H groups in total. The Morgan fingerprint density at radius 1 is 0.696 bits per heavy atom. The summed E-state index contributed by atoms with van der Waals surface area (Å²) in [6.45, 7) is 7.69. The second-order valence-electron chi connectivity index (χ2n) is 11.1. The standard InChI is InChI=1S/C36H40O10/c1-5-7-20-42-31(37)17-10-25-8-14-29(15-9-25)46-34(40)28-12-11-27-24-30(16-13-26(27)23-28)45-33(39)19-18-32(38)43-21-22-44-35(41)36(3,4)6-2/h8-17,23-24H,5-7,18-22H2,1-4H3/b17-10+. The van der Waals surface area contributed by atoms with Crippen molar-refractivity contribution < 1.29 is 47.7 Å². The maximum Gasteiger partial charge on any atom is 0.343 e. The number of carbonyl (C=O) groups excluding carboxylic acids is 5. The Labute approximate surface area is 268 Å². The number of esters is 5. The lowest BCUT2D eigenvalue weighted by Crippen LogP contribution is -2.27. The third-order valence-corrected chi connectivity index (χ3v) is 7.07. The van der Waals surface area contributed by atoms with E-state index in [-0.39, 0.29) is 37.8 Å². The molecule has 0 aliphatic carbocycles. The minimum absolute atomic E-state index is 0.0558. The smallest absolute Gasteiger partial charge is 0.343 e. The van der Waals surface area contributed by atoms with Gasteiger partial charge in [-0.25, -0.2) is 9.59 Å². The largest absolute Gasteiger partial charge is 0.463 e. The zero-order chi connectivity index (χ0) is 33.5. The van der Waals surface area contributed by atoms with E-state index in [0.29, 0.717) is 24.3 Å². The minimum Gasteiger partial charge on any atom is -0.463 e. The van der Waals surface area contributed by atoms with Gasteiger partial charge in [-0.3, -0.25) is 14.4 Å². The van der Waals surface area contributed by atoms with Crippen molar-refractivity contribution in [3.8, 4) is 11.5 Å². The zero-order valence-electron chi connectivity index (χ0n) is 26.7. The summed E-state index contributed by atoms with van der Waals surface area (Å²) in [5.74, 6) is -1.90. The van der Waals surface area contributed by atoms with E-state index < -0.39 is 29.3 Å². The van der Waals surface area contributed by atoms with Crippen LogP contribution in [0.2, 0.25) is 0 Å². The van der Waals surface area contributed by atoms with Gasteiger partial charge >= 0.3 is 29.8 Å². The summed E-state index contributed by atoms with van der Waals surface area (Å²) in [6, 6.07) is 16.6. The van der Waals surface area contributed by atoms with Gasteiger partial charge in [0.25, 0.3) is 0 Å². The van der Waals surface area contributed by atoms with Crippen molar-refractivity contribution in [1.82, 2.24) is 0 Å². The highest BCUT2D eigenvalue weighted by Gasteiger charge is 2.27. The number of benzene rings is 3. The van der Waals surface area contributed by atoms with Crippen LogP contribution < -0.4 is 9.47 Å². The number of fused-ring (bicyclic) bond motifs is 1. The molecule has 0 radical (unpaired) electrons. The molecule has 0 aliphatic rings. The van der Waals surface area contributed by atoms with Gasteiger partial charge in [-0.2, -0.15) is 0 Å². The van der Waals surface area contributed by atoms with Crippen molar-refractivity contribution in [2.75, 3.05) is 19.8 Å². The maximum atomic E-state index is 12.8. The molecule has 0 heterocycles. The monoisotopic (exact) mass is 632 g/mol. The van der Waals surface area contributed by atoms with Gasteiger partial charge in [-0.15, -0.1) is 0 Å². The van der Waals surface area contributed by atoms with E-state index >= 15 is 0 Å². The minimum atomic E-state index is -0.610. The molecular weight excluding hydrogens is 592 g/mol. The van der Waals surface area contributed by atoms with Gasteiger partial charge in [0, 0.05) is 6.08 Å². The van der Waals surface area contributed by atoms with Crippen molar-refractivity contribution in [2.24, 2.45) is 5.41 Å². The lowest BCUT2D eigenvalue weighted by Gasteiger charge is -2.20. The first-order valence-electron chi connectivity index (χ1n) is 15.2. The van der Waals surface area contributed by atoms with Crippen molar-refractivity contribution in [3.05, 3.63) is 77.9 Å². The van der Waals surface area contributed by atoms with Gasteiger partial charge in [0.05, 0.1) is 30.4 Å². The number of hydrogen-bond acceptors (Lipinski definition) is 10. The third kappa shape index (κ3) is 11.5.